The van der Waals surface area contributed by atoms with Gasteiger partial charge in [0.25, 0.3) is 5.56 Å². The van der Waals surface area contributed by atoms with Gasteiger partial charge in [-0.05, 0) is 60.1 Å². The van der Waals surface area contributed by atoms with Gasteiger partial charge < -0.3 is 4.98 Å². The number of aromatic nitrogens is 2. The van der Waals surface area contributed by atoms with Crippen LogP contribution < -0.4 is 5.56 Å². The molecule has 0 saturated heterocycles. The maximum absolute atomic E-state index is 12.9. The number of halogens is 1. The number of hydrogen-bond donors (Lipinski definition) is 1. The molecule has 1 aliphatic rings. The molecule has 0 aliphatic heterocycles. The summed E-state index contributed by atoms with van der Waals surface area (Å²) in [6, 6.07) is 14.4. The molecule has 2 aromatic carbocycles. The van der Waals surface area contributed by atoms with E-state index in [-0.39, 0.29) is 5.56 Å². The number of nitrogens with zero attached hydrogens (tertiary/aromatic N) is 1. The molecule has 3 nitrogen and oxygen atoms in total. The summed E-state index contributed by atoms with van der Waals surface area (Å²) in [7, 11) is 0. The van der Waals surface area contributed by atoms with Crippen LogP contribution in [0.25, 0.3) is 21.3 Å². The fourth-order valence-corrected chi connectivity index (χ4v) is 5.91. The molecule has 6 heteroatoms. The zero-order valence-electron chi connectivity index (χ0n) is 15.7. The van der Waals surface area contributed by atoms with Crippen LogP contribution in [-0.2, 0) is 18.6 Å². The minimum absolute atomic E-state index is 0.0717. The Morgan fingerprint density at radius 2 is 1.97 bits per heavy atom. The monoisotopic (exact) mass is 438 g/mol. The van der Waals surface area contributed by atoms with Crippen LogP contribution in [0.15, 0.2) is 57.8 Å². The van der Waals surface area contributed by atoms with Gasteiger partial charge in [-0.15, -0.1) is 11.3 Å². The van der Waals surface area contributed by atoms with Crippen molar-refractivity contribution in [3.8, 4) is 11.1 Å². The first kappa shape index (κ1) is 18.9. The van der Waals surface area contributed by atoms with E-state index in [4.69, 9.17) is 16.6 Å². The molecular weight excluding hydrogens is 420 g/mol. The molecule has 1 N–H and O–H groups in total. The summed E-state index contributed by atoms with van der Waals surface area (Å²) in [6.45, 7) is 0. The van der Waals surface area contributed by atoms with E-state index >= 15 is 0 Å². The van der Waals surface area contributed by atoms with Crippen molar-refractivity contribution in [2.24, 2.45) is 0 Å². The smallest absolute Gasteiger partial charge is 0.260 e. The van der Waals surface area contributed by atoms with Crippen LogP contribution >= 0.6 is 34.7 Å². The fourth-order valence-electron chi connectivity index (χ4n) is 3.89. The summed E-state index contributed by atoms with van der Waals surface area (Å²) < 4.78 is 0. The SMILES string of the molecule is O=c1[nH]c(SCc2cccc(Cl)c2)nc2scc(-c3ccc4c(c3)CCCC4)c12. The second-order valence-corrected chi connectivity index (χ2v) is 9.57. The third-order valence-corrected chi connectivity index (χ3v) is 7.40. The number of H-pyrrole nitrogens is 1. The van der Waals surface area contributed by atoms with Crippen LogP contribution in [0.3, 0.4) is 0 Å². The Labute approximate surface area is 182 Å². The van der Waals surface area contributed by atoms with E-state index < -0.39 is 0 Å². The zero-order chi connectivity index (χ0) is 19.8. The predicted octanol–water partition coefficient (Wildman–Crippen LogP) is 6.48. The van der Waals surface area contributed by atoms with E-state index in [0.29, 0.717) is 21.3 Å². The van der Waals surface area contributed by atoms with Gasteiger partial charge in [-0.2, -0.15) is 0 Å². The number of hydrogen-bond acceptors (Lipinski definition) is 4. The third-order valence-electron chi connectivity index (χ3n) is 5.35. The fraction of sp³-hybridized carbons (Fsp3) is 0.217. The summed E-state index contributed by atoms with van der Waals surface area (Å²) in [6.07, 6.45) is 4.81. The van der Waals surface area contributed by atoms with Crippen molar-refractivity contribution in [2.45, 2.75) is 36.6 Å². The van der Waals surface area contributed by atoms with E-state index in [0.717, 1.165) is 34.4 Å². The van der Waals surface area contributed by atoms with Crippen LogP contribution in [0.5, 0.6) is 0 Å². The Morgan fingerprint density at radius 1 is 1.10 bits per heavy atom. The second kappa shape index (κ2) is 7.98. The van der Waals surface area contributed by atoms with Crippen molar-refractivity contribution in [3.63, 3.8) is 0 Å². The maximum atomic E-state index is 12.9. The number of benzene rings is 2. The van der Waals surface area contributed by atoms with Crippen molar-refractivity contribution < 1.29 is 0 Å². The third kappa shape index (κ3) is 3.87. The maximum Gasteiger partial charge on any atom is 0.260 e. The van der Waals surface area contributed by atoms with E-state index in [1.807, 2.05) is 24.3 Å². The van der Waals surface area contributed by atoms with Crippen molar-refractivity contribution in [1.82, 2.24) is 9.97 Å². The van der Waals surface area contributed by atoms with Gasteiger partial charge in [0.1, 0.15) is 4.83 Å². The van der Waals surface area contributed by atoms with Crippen LogP contribution in [-0.4, -0.2) is 9.97 Å². The lowest BCUT2D eigenvalue weighted by atomic mass is 9.89. The predicted molar refractivity (Wildman–Crippen MR) is 123 cm³/mol. The highest BCUT2D eigenvalue weighted by Gasteiger charge is 2.16. The second-order valence-electron chi connectivity index (χ2n) is 7.31. The number of rotatable bonds is 4. The number of aryl methyl sites for hydroxylation is 2. The molecule has 2 heterocycles. The van der Waals surface area contributed by atoms with E-state index in [1.54, 1.807) is 0 Å². The Kier molecular flexibility index (Phi) is 5.20. The number of aromatic amines is 1. The van der Waals surface area contributed by atoms with Crippen LogP contribution in [0.1, 0.15) is 29.5 Å². The molecule has 2 aromatic heterocycles. The van der Waals surface area contributed by atoms with Crippen LogP contribution in [0, 0.1) is 0 Å². The molecule has 0 amide bonds. The highest BCUT2D eigenvalue weighted by atomic mass is 35.5. The lowest BCUT2D eigenvalue weighted by Crippen LogP contribution is -2.09. The van der Waals surface area contributed by atoms with Crippen LogP contribution in [0.4, 0.5) is 0 Å². The minimum atomic E-state index is -0.0717. The first-order chi connectivity index (χ1) is 14.2. The minimum Gasteiger partial charge on any atom is -0.301 e. The number of thiophene rings is 1. The molecule has 4 aromatic rings. The Morgan fingerprint density at radius 3 is 2.83 bits per heavy atom. The molecule has 0 spiro atoms. The standard InChI is InChI=1S/C23H19ClN2OS2/c24-18-7-3-4-14(10-18)12-29-23-25-21(27)20-19(13-28-22(20)26-23)17-9-8-15-5-1-2-6-16(15)11-17/h3-4,7-11,13H,1-2,5-6,12H2,(H,25,26,27). The van der Waals surface area contributed by atoms with Crippen molar-refractivity contribution in [1.29, 1.82) is 0 Å². The van der Waals surface area contributed by atoms with Gasteiger partial charge in [-0.1, -0.05) is 53.7 Å². The quantitative estimate of drug-likeness (QED) is 0.293. The summed E-state index contributed by atoms with van der Waals surface area (Å²) in [5.41, 5.74) is 6.00. The van der Waals surface area contributed by atoms with Crippen molar-refractivity contribution in [3.05, 3.63) is 79.9 Å². The van der Waals surface area contributed by atoms with E-state index in [9.17, 15) is 4.79 Å². The van der Waals surface area contributed by atoms with E-state index in [2.05, 4.69) is 28.6 Å². The molecular formula is C23H19ClN2OS2. The average Bonchev–Trinajstić information content (AvgIpc) is 3.17. The molecule has 1 aliphatic carbocycles. The van der Waals surface area contributed by atoms with Gasteiger partial charge in [-0.25, -0.2) is 4.98 Å². The van der Waals surface area contributed by atoms with Gasteiger partial charge in [-0.3, -0.25) is 4.79 Å². The van der Waals surface area contributed by atoms with E-state index in [1.165, 1.54) is 47.1 Å². The number of thioether (sulfide) groups is 1. The molecule has 0 unspecified atom stereocenters. The summed E-state index contributed by atoms with van der Waals surface area (Å²) in [5, 5.41) is 4.11. The molecule has 0 saturated carbocycles. The largest absolute Gasteiger partial charge is 0.301 e. The Hall–Kier alpha value is -2.08. The van der Waals surface area contributed by atoms with Crippen LogP contribution in [0.2, 0.25) is 5.02 Å². The lowest BCUT2D eigenvalue weighted by molar-refractivity contribution is 0.686. The Balaban J connectivity index is 1.46. The highest BCUT2D eigenvalue weighted by Crippen LogP contribution is 2.34. The van der Waals surface area contributed by atoms with Gasteiger partial charge in [0, 0.05) is 21.7 Å². The lowest BCUT2D eigenvalue weighted by Gasteiger charge is -2.16. The van der Waals surface area contributed by atoms with Gasteiger partial charge >= 0.3 is 0 Å². The van der Waals surface area contributed by atoms with Crippen molar-refractivity contribution >= 4 is 44.9 Å². The molecule has 29 heavy (non-hydrogen) atoms. The van der Waals surface area contributed by atoms with Gasteiger partial charge in [0.05, 0.1) is 5.39 Å². The first-order valence-electron chi connectivity index (χ1n) is 9.68. The van der Waals surface area contributed by atoms with Crippen molar-refractivity contribution in [2.75, 3.05) is 0 Å². The Bertz CT molecular complexity index is 1260. The van der Waals surface area contributed by atoms with Gasteiger partial charge in [0.15, 0.2) is 5.16 Å². The topological polar surface area (TPSA) is 45.8 Å². The summed E-state index contributed by atoms with van der Waals surface area (Å²) >= 11 is 9.10. The molecule has 0 bridgehead atoms. The normalized spacial score (nSPS) is 13.6. The summed E-state index contributed by atoms with van der Waals surface area (Å²) in [4.78, 5) is 21.3. The first-order valence-corrected chi connectivity index (χ1v) is 11.9. The molecule has 146 valence electrons. The number of nitrogens with one attached hydrogen (secondary N) is 1. The average molecular weight is 439 g/mol. The molecule has 5 rings (SSSR count). The number of fused-ring (bicyclic) bond motifs is 2. The highest BCUT2D eigenvalue weighted by molar-refractivity contribution is 7.98. The van der Waals surface area contributed by atoms with Gasteiger partial charge in [0.2, 0.25) is 0 Å². The summed E-state index contributed by atoms with van der Waals surface area (Å²) in [5.74, 6) is 0.706. The molecule has 0 radical (unpaired) electrons. The molecule has 0 atom stereocenters. The molecule has 0 fully saturated rings. The zero-order valence-corrected chi connectivity index (χ0v) is 18.1.